The zero-order valence-corrected chi connectivity index (χ0v) is 18.5. The minimum absolute atomic E-state index is 0.141. The van der Waals surface area contributed by atoms with Gasteiger partial charge in [0.1, 0.15) is 5.82 Å². The topological polar surface area (TPSA) is 115 Å². The van der Waals surface area contributed by atoms with Crippen LogP contribution in [0.25, 0.3) is 11.0 Å². The van der Waals surface area contributed by atoms with Crippen LogP contribution in [0.15, 0.2) is 6.20 Å². The van der Waals surface area contributed by atoms with Gasteiger partial charge in [0.15, 0.2) is 17.1 Å². The molecule has 4 rings (SSSR count). The Morgan fingerprint density at radius 3 is 2.86 bits per heavy atom. The summed E-state index contributed by atoms with van der Waals surface area (Å²) < 4.78 is 13.4. The van der Waals surface area contributed by atoms with Crippen molar-refractivity contribution in [2.75, 3.05) is 18.2 Å². The van der Waals surface area contributed by atoms with Crippen molar-refractivity contribution < 1.29 is 19.3 Å². The fourth-order valence-electron chi connectivity index (χ4n) is 3.89. The monoisotopic (exact) mass is 461 g/mol. The van der Waals surface area contributed by atoms with Crippen LogP contribution in [0.2, 0.25) is 5.28 Å². The number of halogens is 1. The van der Waals surface area contributed by atoms with Gasteiger partial charge in [-0.05, 0) is 43.5 Å². The molecule has 2 aromatic rings. The highest BCUT2D eigenvalue weighted by atomic mass is 35.5. The summed E-state index contributed by atoms with van der Waals surface area (Å²) in [6.07, 6.45) is 9.38. The largest absolute Gasteiger partial charge is 0.367 e. The van der Waals surface area contributed by atoms with E-state index in [1.165, 1.54) is 24.6 Å². The van der Waals surface area contributed by atoms with Crippen molar-refractivity contribution in [1.29, 1.82) is 0 Å². The SMILES string of the molecule is CSC(OCC1CCC(n2ncc3c(NC4CCCC4)nc(Cl)nc32)O1)P(O)O. The predicted molar refractivity (Wildman–Crippen MR) is 114 cm³/mol. The first-order valence-electron chi connectivity index (χ1n) is 9.69. The summed E-state index contributed by atoms with van der Waals surface area (Å²) in [6, 6.07) is 0.407. The second-order valence-corrected chi connectivity index (χ2v) is 9.98. The van der Waals surface area contributed by atoms with Gasteiger partial charge in [-0.25, -0.2) is 4.68 Å². The van der Waals surface area contributed by atoms with E-state index >= 15 is 0 Å². The highest BCUT2D eigenvalue weighted by molar-refractivity contribution is 8.03. The Balaban J connectivity index is 1.46. The smallest absolute Gasteiger partial charge is 0.226 e. The second kappa shape index (κ2) is 9.60. The maximum atomic E-state index is 9.35. The summed E-state index contributed by atoms with van der Waals surface area (Å²) in [5, 5.41) is 8.37. The summed E-state index contributed by atoms with van der Waals surface area (Å²) in [4.78, 5) is 27.5. The molecule has 1 aliphatic carbocycles. The van der Waals surface area contributed by atoms with Crippen LogP contribution in [-0.2, 0) is 9.47 Å². The highest BCUT2D eigenvalue weighted by Crippen LogP contribution is 2.39. The molecule has 12 heteroatoms. The average Bonchev–Trinajstić information content (AvgIpc) is 3.42. The number of rotatable bonds is 8. The fraction of sp³-hybridized carbons (Fsp3) is 0.706. The summed E-state index contributed by atoms with van der Waals surface area (Å²) in [6.45, 7) is 0.297. The lowest BCUT2D eigenvalue weighted by Gasteiger charge is -2.19. The van der Waals surface area contributed by atoms with Crippen LogP contribution in [0.4, 0.5) is 5.82 Å². The summed E-state index contributed by atoms with van der Waals surface area (Å²) in [7, 11) is -2.14. The number of aromatic nitrogens is 4. The molecule has 160 valence electrons. The van der Waals surface area contributed by atoms with Crippen molar-refractivity contribution >= 4 is 48.6 Å². The Bertz CT molecular complexity index is 838. The number of hydrogen-bond donors (Lipinski definition) is 3. The molecule has 1 saturated heterocycles. The molecular formula is C17H25ClN5O4PS. The Morgan fingerprint density at radius 2 is 2.14 bits per heavy atom. The van der Waals surface area contributed by atoms with Gasteiger partial charge in [0.2, 0.25) is 13.7 Å². The van der Waals surface area contributed by atoms with E-state index in [0.717, 1.165) is 36.9 Å². The molecule has 29 heavy (non-hydrogen) atoms. The first-order valence-corrected chi connectivity index (χ1v) is 12.7. The van der Waals surface area contributed by atoms with E-state index in [9.17, 15) is 9.79 Å². The molecule has 0 bridgehead atoms. The lowest BCUT2D eigenvalue weighted by Crippen LogP contribution is -2.20. The fourth-order valence-corrected chi connectivity index (χ4v) is 5.24. The van der Waals surface area contributed by atoms with Gasteiger partial charge < -0.3 is 24.6 Å². The Hall–Kier alpha value is -0.740. The van der Waals surface area contributed by atoms with E-state index in [-0.39, 0.29) is 17.6 Å². The number of fused-ring (bicyclic) bond motifs is 1. The molecule has 0 radical (unpaired) electrons. The third-order valence-electron chi connectivity index (χ3n) is 5.30. The zero-order chi connectivity index (χ0) is 20.4. The van der Waals surface area contributed by atoms with Crippen molar-refractivity contribution in [3.63, 3.8) is 0 Å². The number of nitrogens with zero attached hydrogens (tertiary/aromatic N) is 4. The number of ether oxygens (including phenoxy) is 2. The number of thioether (sulfide) groups is 1. The predicted octanol–water partition coefficient (Wildman–Crippen LogP) is 3.47. The van der Waals surface area contributed by atoms with Crippen molar-refractivity contribution in [3.05, 3.63) is 11.5 Å². The first kappa shape index (κ1) is 21.5. The van der Waals surface area contributed by atoms with Gasteiger partial charge in [-0.15, -0.1) is 11.8 Å². The van der Waals surface area contributed by atoms with E-state index < -0.39 is 13.6 Å². The van der Waals surface area contributed by atoms with Crippen LogP contribution in [-0.4, -0.2) is 59.7 Å². The molecule has 3 N–H and O–H groups in total. The highest BCUT2D eigenvalue weighted by Gasteiger charge is 2.31. The van der Waals surface area contributed by atoms with Crippen molar-refractivity contribution in [2.24, 2.45) is 0 Å². The van der Waals surface area contributed by atoms with Crippen molar-refractivity contribution in [1.82, 2.24) is 19.7 Å². The average molecular weight is 462 g/mol. The molecule has 1 aliphatic heterocycles. The normalized spacial score (nSPS) is 24.0. The van der Waals surface area contributed by atoms with Gasteiger partial charge in [-0.2, -0.15) is 15.1 Å². The van der Waals surface area contributed by atoms with Gasteiger partial charge >= 0.3 is 0 Å². The van der Waals surface area contributed by atoms with E-state index in [4.69, 9.17) is 21.1 Å². The van der Waals surface area contributed by atoms with Crippen LogP contribution in [0.5, 0.6) is 0 Å². The Labute approximate surface area is 179 Å². The van der Waals surface area contributed by atoms with Crippen molar-refractivity contribution in [2.45, 2.75) is 62.1 Å². The van der Waals surface area contributed by atoms with E-state index in [1.807, 2.05) is 0 Å². The molecular weight excluding hydrogens is 437 g/mol. The summed E-state index contributed by atoms with van der Waals surface area (Å²) >= 11 is 7.46. The first-order chi connectivity index (χ1) is 14.0. The zero-order valence-electron chi connectivity index (χ0n) is 16.1. The molecule has 3 heterocycles. The third-order valence-corrected chi connectivity index (χ3v) is 7.73. The summed E-state index contributed by atoms with van der Waals surface area (Å²) in [5.41, 5.74) is 0.647. The second-order valence-electron chi connectivity index (χ2n) is 7.28. The molecule has 1 saturated carbocycles. The maximum Gasteiger partial charge on any atom is 0.226 e. The van der Waals surface area contributed by atoms with Crippen LogP contribution in [0.3, 0.4) is 0 Å². The van der Waals surface area contributed by atoms with E-state index in [0.29, 0.717) is 18.3 Å². The number of anilines is 1. The standard InChI is InChI=1S/C17H25ClN5O4PS/c1-29-17(28(24)25)26-9-11-6-7-13(27-11)23-15-12(8-19-23)14(21-16(18)22-15)20-10-4-2-3-5-10/h8,10-11,13,17,24-25H,2-7,9H2,1H3,(H,20,21,22). The lowest BCUT2D eigenvalue weighted by molar-refractivity contribution is -0.0417. The van der Waals surface area contributed by atoms with Crippen LogP contribution < -0.4 is 5.32 Å². The van der Waals surface area contributed by atoms with E-state index in [2.05, 4.69) is 20.4 Å². The third kappa shape index (κ3) is 4.95. The molecule has 3 unspecified atom stereocenters. The number of hydrogen-bond acceptors (Lipinski definition) is 9. The molecule has 0 aromatic carbocycles. The Kier molecular flexibility index (Phi) is 7.11. The Morgan fingerprint density at radius 1 is 1.34 bits per heavy atom. The van der Waals surface area contributed by atoms with Gasteiger partial charge in [-0.3, -0.25) is 0 Å². The van der Waals surface area contributed by atoms with Crippen molar-refractivity contribution in [3.8, 4) is 0 Å². The molecule has 2 fully saturated rings. The van der Waals surface area contributed by atoms with Gasteiger partial charge in [0, 0.05) is 6.04 Å². The van der Waals surface area contributed by atoms with Crippen LogP contribution >= 0.6 is 31.7 Å². The van der Waals surface area contributed by atoms with Gasteiger partial charge in [0.25, 0.3) is 0 Å². The minimum Gasteiger partial charge on any atom is -0.367 e. The maximum absolute atomic E-state index is 9.35. The molecule has 9 nitrogen and oxygen atoms in total. The molecule has 2 aromatic heterocycles. The van der Waals surface area contributed by atoms with Crippen LogP contribution in [0, 0.1) is 0 Å². The molecule has 0 amide bonds. The van der Waals surface area contributed by atoms with E-state index in [1.54, 1.807) is 17.1 Å². The van der Waals surface area contributed by atoms with Gasteiger partial charge in [0.05, 0.1) is 24.3 Å². The van der Waals surface area contributed by atoms with Gasteiger partial charge in [-0.1, -0.05) is 12.8 Å². The van der Waals surface area contributed by atoms with Crippen LogP contribution in [0.1, 0.15) is 44.8 Å². The molecule has 2 aliphatic rings. The molecule has 3 atom stereocenters. The number of nitrogens with one attached hydrogen (secondary N) is 1. The lowest BCUT2D eigenvalue weighted by atomic mass is 10.2. The quantitative estimate of drug-likeness (QED) is 0.309. The minimum atomic E-state index is -2.14. The summed E-state index contributed by atoms with van der Waals surface area (Å²) in [5.74, 6) is 0.720. The molecule has 0 spiro atoms.